The second kappa shape index (κ2) is 6.49. The SMILES string of the molecule is COc1ccc(F)cc1C(C)NC(=O)c1ccc(Cl)nn1. The second-order valence-electron chi connectivity index (χ2n) is 4.32. The zero-order valence-corrected chi connectivity index (χ0v) is 12.2. The summed E-state index contributed by atoms with van der Waals surface area (Å²) in [6.45, 7) is 1.72. The number of halogens is 2. The summed E-state index contributed by atoms with van der Waals surface area (Å²) in [5, 5.41) is 10.2. The average Bonchev–Trinajstić information content (AvgIpc) is 2.47. The summed E-state index contributed by atoms with van der Waals surface area (Å²) in [7, 11) is 1.48. The van der Waals surface area contributed by atoms with Gasteiger partial charge in [-0.2, -0.15) is 0 Å². The Kier molecular flexibility index (Phi) is 4.70. The number of hydrogen-bond donors (Lipinski definition) is 1. The number of hydrogen-bond acceptors (Lipinski definition) is 4. The molecule has 0 radical (unpaired) electrons. The van der Waals surface area contributed by atoms with Crippen molar-refractivity contribution in [3.8, 4) is 5.75 Å². The fraction of sp³-hybridized carbons (Fsp3) is 0.214. The molecule has 7 heteroatoms. The third kappa shape index (κ3) is 3.66. The maximum atomic E-state index is 13.3. The van der Waals surface area contributed by atoms with Crippen LogP contribution in [0.1, 0.15) is 29.0 Å². The molecule has 5 nitrogen and oxygen atoms in total. The topological polar surface area (TPSA) is 64.1 Å². The lowest BCUT2D eigenvalue weighted by Gasteiger charge is -2.17. The number of carbonyl (C=O) groups is 1. The lowest BCUT2D eigenvalue weighted by Crippen LogP contribution is -2.28. The van der Waals surface area contributed by atoms with Crippen LogP contribution >= 0.6 is 11.6 Å². The normalized spacial score (nSPS) is 11.8. The minimum atomic E-state index is -0.458. The van der Waals surface area contributed by atoms with Gasteiger partial charge in [0.1, 0.15) is 11.6 Å². The first-order valence-corrected chi connectivity index (χ1v) is 6.52. The molecule has 1 amide bonds. The molecule has 1 N–H and O–H groups in total. The number of rotatable bonds is 4. The Morgan fingerprint density at radius 2 is 2.10 bits per heavy atom. The first-order valence-electron chi connectivity index (χ1n) is 6.15. The molecular formula is C14H13ClFN3O2. The van der Waals surface area contributed by atoms with E-state index in [-0.39, 0.29) is 10.8 Å². The molecule has 1 aromatic carbocycles. The first kappa shape index (κ1) is 15.2. The van der Waals surface area contributed by atoms with Gasteiger partial charge in [-0.1, -0.05) is 11.6 Å². The van der Waals surface area contributed by atoms with Crippen molar-refractivity contribution in [1.82, 2.24) is 15.5 Å². The van der Waals surface area contributed by atoms with Crippen molar-refractivity contribution < 1.29 is 13.9 Å². The third-order valence-corrected chi connectivity index (χ3v) is 3.07. The number of methoxy groups -OCH3 is 1. The standard InChI is InChI=1S/C14H13ClFN3O2/c1-8(10-7-9(16)3-5-12(10)21-2)17-14(20)11-4-6-13(15)19-18-11/h3-8H,1-2H3,(H,17,20). The summed E-state index contributed by atoms with van der Waals surface area (Å²) in [5.41, 5.74) is 0.661. The fourth-order valence-corrected chi connectivity index (χ4v) is 1.93. The number of ether oxygens (including phenoxy) is 1. The van der Waals surface area contributed by atoms with Crippen molar-refractivity contribution in [3.63, 3.8) is 0 Å². The largest absolute Gasteiger partial charge is 0.496 e. The van der Waals surface area contributed by atoms with E-state index in [1.807, 2.05) is 0 Å². The molecule has 0 saturated carbocycles. The molecule has 1 heterocycles. The molecule has 0 aliphatic carbocycles. The summed E-state index contributed by atoms with van der Waals surface area (Å²) in [4.78, 5) is 12.0. The molecule has 1 unspecified atom stereocenters. The van der Waals surface area contributed by atoms with E-state index >= 15 is 0 Å². The van der Waals surface area contributed by atoms with Gasteiger partial charge in [0, 0.05) is 5.56 Å². The van der Waals surface area contributed by atoms with E-state index in [0.717, 1.165) is 0 Å². The number of benzene rings is 1. The monoisotopic (exact) mass is 309 g/mol. The third-order valence-electron chi connectivity index (χ3n) is 2.87. The maximum Gasteiger partial charge on any atom is 0.272 e. The highest BCUT2D eigenvalue weighted by Crippen LogP contribution is 2.25. The molecule has 0 fully saturated rings. The van der Waals surface area contributed by atoms with Gasteiger partial charge in [-0.15, -0.1) is 10.2 Å². The summed E-state index contributed by atoms with van der Waals surface area (Å²) in [6, 6.07) is 6.59. The summed E-state index contributed by atoms with van der Waals surface area (Å²) in [5.74, 6) is -0.345. The van der Waals surface area contributed by atoms with Gasteiger partial charge in [0.15, 0.2) is 10.8 Å². The highest BCUT2D eigenvalue weighted by atomic mass is 35.5. The van der Waals surface area contributed by atoms with Crippen LogP contribution < -0.4 is 10.1 Å². The number of aromatic nitrogens is 2. The number of carbonyl (C=O) groups excluding carboxylic acids is 1. The minimum absolute atomic E-state index is 0.126. The van der Waals surface area contributed by atoms with Crippen molar-refractivity contribution in [2.75, 3.05) is 7.11 Å². The number of nitrogens with zero attached hydrogens (tertiary/aromatic N) is 2. The molecule has 1 aromatic heterocycles. The maximum absolute atomic E-state index is 13.3. The molecule has 0 aliphatic heterocycles. The highest BCUT2D eigenvalue weighted by molar-refractivity contribution is 6.29. The van der Waals surface area contributed by atoms with E-state index in [4.69, 9.17) is 16.3 Å². The van der Waals surface area contributed by atoms with Crippen molar-refractivity contribution in [2.45, 2.75) is 13.0 Å². The smallest absolute Gasteiger partial charge is 0.272 e. The molecule has 21 heavy (non-hydrogen) atoms. The Labute approximate surface area is 126 Å². The Hall–Kier alpha value is -2.21. The van der Waals surface area contributed by atoms with E-state index in [9.17, 15) is 9.18 Å². The van der Waals surface area contributed by atoms with Crippen LogP contribution in [0.4, 0.5) is 4.39 Å². The number of amides is 1. The Morgan fingerprint density at radius 3 is 2.71 bits per heavy atom. The van der Waals surface area contributed by atoms with Gasteiger partial charge in [-0.05, 0) is 37.3 Å². The van der Waals surface area contributed by atoms with Crippen LogP contribution in [-0.4, -0.2) is 23.2 Å². The van der Waals surface area contributed by atoms with E-state index in [0.29, 0.717) is 11.3 Å². The molecule has 0 spiro atoms. The zero-order valence-electron chi connectivity index (χ0n) is 11.4. The molecule has 2 rings (SSSR count). The van der Waals surface area contributed by atoms with Crippen LogP contribution in [0.3, 0.4) is 0 Å². The van der Waals surface area contributed by atoms with Crippen LogP contribution in [0.2, 0.25) is 5.15 Å². The van der Waals surface area contributed by atoms with E-state index in [1.54, 1.807) is 6.92 Å². The van der Waals surface area contributed by atoms with E-state index in [1.165, 1.54) is 37.4 Å². The van der Waals surface area contributed by atoms with Gasteiger partial charge in [-0.25, -0.2) is 4.39 Å². The Balaban J connectivity index is 2.17. The van der Waals surface area contributed by atoms with Crippen molar-refractivity contribution in [2.24, 2.45) is 0 Å². The Bertz CT molecular complexity index is 649. The quantitative estimate of drug-likeness (QED) is 0.943. The summed E-state index contributed by atoms with van der Waals surface area (Å²) in [6.07, 6.45) is 0. The van der Waals surface area contributed by atoms with Gasteiger partial charge in [-0.3, -0.25) is 4.79 Å². The summed E-state index contributed by atoms with van der Waals surface area (Å²) >= 11 is 5.61. The van der Waals surface area contributed by atoms with Gasteiger partial charge < -0.3 is 10.1 Å². The van der Waals surface area contributed by atoms with Crippen LogP contribution in [0.25, 0.3) is 0 Å². The lowest BCUT2D eigenvalue weighted by molar-refractivity contribution is 0.0933. The van der Waals surface area contributed by atoms with E-state index in [2.05, 4.69) is 15.5 Å². The van der Waals surface area contributed by atoms with Crippen LogP contribution in [0.5, 0.6) is 5.75 Å². The van der Waals surface area contributed by atoms with Gasteiger partial charge in [0.05, 0.1) is 13.2 Å². The van der Waals surface area contributed by atoms with Crippen LogP contribution in [-0.2, 0) is 0 Å². The Morgan fingerprint density at radius 1 is 1.33 bits per heavy atom. The number of nitrogens with one attached hydrogen (secondary N) is 1. The zero-order chi connectivity index (χ0) is 15.4. The van der Waals surface area contributed by atoms with Gasteiger partial charge >= 0.3 is 0 Å². The highest BCUT2D eigenvalue weighted by Gasteiger charge is 2.17. The molecule has 0 bridgehead atoms. The molecular weight excluding hydrogens is 297 g/mol. The van der Waals surface area contributed by atoms with Crippen molar-refractivity contribution in [1.29, 1.82) is 0 Å². The minimum Gasteiger partial charge on any atom is -0.496 e. The predicted molar refractivity (Wildman–Crippen MR) is 75.9 cm³/mol. The molecule has 2 aromatic rings. The second-order valence-corrected chi connectivity index (χ2v) is 4.71. The lowest BCUT2D eigenvalue weighted by atomic mass is 10.1. The summed E-state index contributed by atoms with van der Waals surface area (Å²) < 4.78 is 18.5. The average molecular weight is 310 g/mol. The predicted octanol–water partition coefficient (Wildman–Crippen LogP) is 2.77. The fourth-order valence-electron chi connectivity index (χ4n) is 1.83. The first-order chi connectivity index (χ1) is 10.0. The molecule has 0 aliphatic rings. The van der Waals surface area contributed by atoms with Crippen LogP contribution in [0.15, 0.2) is 30.3 Å². The van der Waals surface area contributed by atoms with Crippen molar-refractivity contribution in [3.05, 3.63) is 52.6 Å². The van der Waals surface area contributed by atoms with Crippen molar-refractivity contribution >= 4 is 17.5 Å². The molecule has 110 valence electrons. The van der Waals surface area contributed by atoms with Crippen LogP contribution in [0, 0.1) is 5.82 Å². The van der Waals surface area contributed by atoms with E-state index < -0.39 is 17.8 Å². The molecule has 0 saturated heterocycles. The van der Waals surface area contributed by atoms with Gasteiger partial charge in [0.2, 0.25) is 0 Å². The van der Waals surface area contributed by atoms with Gasteiger partial charge in [0.25, 0.3) is 5.91 Å². The molecule has 1 atom stereocenters.